The minimum absolute atomic E-state index is 0.897. The molecule has 4 nitrogen and oxygen atoms in total. The predicted molar refractivity (Wildman–Crippen MR) is 214 cm³/mol. The Labute approximate surface area is 296 Å². The number of para-hydroxylation sites is 2. The van der Waals surface area contributed by atoms with E-state index in [-0.39, 0.29) is 0 Å². The van der Waals surface area contributed by atoms with Gasteiger partial charge < -0.3 is 4.42 Å². The molecule has 0 aliphatic rings. The summed E-state index contributed by atoms with van der Waals surface area (Å²) in [6, 6.07) is 62.2. The monoisotopic (exact) mass is 673 g/mol. The number of aromatic nitrogens is 3. The molecule has 0 atom stereocenters. The van der Waals surface area contributed by atoms with Gasteiger partial charge in [-0.15, -0.1) is 0 Å². The van der Waals surface area contributed by atoms with Crippen molar-refractivity contribution in [2.75, 3.05) is 0 Å². The molecule has 0 saturated carbocycles. The molecule has 10 aromatic rings. The van der Waals surface area contributed by atoms with Crippen LogP contribution >= 0.6 is 0 Å². The van der Waals surface area contributed by atoms with Gasteiger partial charge in [0.05, 0.1) is 27.8 Å². The van der Waals surface area contributed by atoms with Crippen LogP contribution in [0.4, 0.5) is 0 Å². The highest BCUT2D eigenvalue weighted by atomic mass is 28.3. The minimum atomic E-state index is -2.75. The van der Waals surface area contributed by atoms with E-state index in [4.69, 9.17) is 9.40 Å². The molecule has 0 saturated heterocycles. The highest BCUT2D eigenvalue weighted by Gasteiger charge is 2.41. The number of fused-ring (bicyclic) bond motifs is 8. The summed E-state index contributed by atoms with van der Waals surface area (Å²) in [5, 5.41) is 7.67. The van der Waals surface area contributed by atoms with Gasteiger partial charge in [0.2, 0.25) is 5.78 Å². The summed E-state index contributed by atoms with van der Waals surface area (Å²) >= 11 is 0. The lowest BCUT2D eigenvalue weighted by molar-refractivity contribution is 0.668. The van der Waals surface area contributed by atoms with Gasteiger partial charge in [-0.3, -0.25) is 8.97 Å². The molecule has 0 spiro atoms. The smallest absolute Gasteiger partial charge is 0.220 e. The fourth-order valence-electron chi connectivity index (χ4n) is 8.35. The highest BCUT2D eigenvalue weighted by Crippen LogP contribution is 2.34. The fourth-order valence-corrected chi connectivity index (χ4v) is 13.1. The third kappa shape index (κ3) is 4.48. The van der Waals surface area contributed by atoms with Crippen molar-refractivity contribution in [3.05, 3.63) is 175 Å². The van der Waals surface area contributed by atoms with E-state index in [2.05, 4.69) is 186 Å². The second kappa shape index (κ2) is 11.7. The summed E-state index contributed by atoms with van der Waals surface area (Å²) in [6.45, 7) is 2.23. The number of nitrogens with zero attached hydrogens (tertiary/aromatic N) is 3. The van der Waals surface area contributed by atoms with Crippen LogP contribution in [-0.2, 0) is 6.42 Å². The van der Waals surface area contributed by atoms with Crippen LogP contribution in [0.1, 0.15) is 18.9 Å². The summed E-state index contributed by atoms with van der Waals surface area (Å²) in [5.74, 6) is 0.897. The molecule has 0 fully saturated rings. The molecule has 7 aromatic carbocycles. The second-order valence-electron chi connectivity index (χ2n) is 13.5. The molecule has 244 valence electrons. The molecule has 3 heterocycles. The van der Waals surface area contributed by atoms with Crippen LogP contribution in [0.15, 0.2) is 174 Å². The molecule has 0 aliphatic heterocycles. The number of aryl methyl sites for hydroxylation is 1. The maximum absolute atomic E-state index is 6.33. The van der Waals surface area contributed by atoms with Gasteiger partial charge in [-0.05, 0) is 87.3 Å². The van der Waals surface area contributed by atoms with Crippen molar-refractivity contribution in [2.45, 2.75) is 19.8 Å². The van der Waals surface area contributed by atoms with E-state index in [1.165, 1.54) is 26.3 Å². The Hall–Kier alpha value is -6.17. The van der Waals surface area contributed by atoms with Crippen LogP contribution in [-0.4, -0.2) is 22.0 Å². The molecule has 0 radical (unpaired) electrons. The van der Waals surface area contributed by atoms with Gasteiger partial charge in [-0.25, -0.2) is 4.98 Å². The van der Waals surface area contributed by atoms with E-state index in [9.17, 15) is 0 Å². The SMILES string of the molecule is CCCc1ccc2oc3ccc(-n4c5ccc([Si](c6ccccc6)(c6ccccc6)c6ccccc6)cc5n5c6ccccc6nc45)cc3c2c1. The molecule has 5 heteroatoms. The zero-order valence-electron chi connectivity index (χ0n) is 28.3. The van der Waals surface area contributed by atoms with Gasteiger partial charge in [-0.1, -0.05) is 129 Å². The Bertz CT molecular complexity index is 2770. The largest absolute Gasteiger partial charge is 0.456 e. The zero-order chi connectivity index (χ0) is 33.9. The first-order valence-corrected chi connectivity index (χ1v) is 19.8. The number of hydrogen-bond acceptors (Lipinski definition) is 2. The summed E-state index contributed by atoms with van der Waals surface area (Å²) in [6.07, 6.45) is 2.16. The van der Waals surface area contributed by atoms with E-state index < -0.39 is 8.07 Å². The summed E-state index contributed by atoms with van der Waals surface area (Å²) in [7, 11) is -2.75. The average molecular weight is 674 g/mol. The molecule has 51 heavy (non-hydrogen) atoms. The molecule has 0 unspecified atom stereocenters. The molecule has 0 bridgehead atoms. The Morgan fingerprint density at radius 2 is 1.14 bits per heavy atom. The predicted octanol–water partition coefficient (Wildman–Crippen LogP) is 8.66. The molecular formula is C46H35N3OSi. The van der Waals surface area contributed by atoms with E-state index in [0.717, 1.165) is 68.3 Å². The van der Waals surface area contributed by atoms with Crippen LogP contribution in [0, 0.1) is 0 Å². The van der Waals surface area contributed by atoms with E-state index >= 15 is 0 Å². The van der Waals surface area contributed by atoms with Crippen LogP contribution in [0.5, 0.6) is 0 Å². The molecular weight excluding hydrogens is 639 g/mol. The van der Waals surface area contributed by atoms with Gasteiger partial charge in [0.15, 0.2) is 8.07 Å². The summed E-state index contributed by atoms with van der Waals surface area (Å²) in [5.41, 5.74) is 8.54. The standard InChI is InChI=1S/C46H35N3OSi/c1-2-14-32-23-27-44-38(29-32)39-30-33(24-28-45(39)50-44)48-42-26-25-37(31-43(42)49-41-22-13-12-21-40(41)47-46(48)49)51(34-15-6-3-7-16-34,35-17-8-4-9-18-35)36-19-10-5-11-20-36/h3-13,15-31H,2,14H2,1H3. The lowest BCUT2D eigenvalue weighted by Crippen LogP contribution is -2.74. The topological polar surface area (TPSA) is 35.4 Å². The van der Waals surface area contributed by atoms with Crippen molar-refractivity contribution >= 4 is 78.6 Å². The highest BCUT2D eigenvalue weighted by molar-refractivity contribution is 7.20. The van der Waals surface area contributed by atoms with Crippen LogP contribution < -0.4 is 20.7 Å². The van der Waals surface area contributed by atoms with Gasteiger partial charge in [-0.2, -0.15) is 0 Å². The van der Waals surface area contributed by atoms with E-state index in [1.54, 1.807) is 0 Å². The van der Waals surface area contributed by atoms with Crippen molar-refractivity contribution in [2.24, 2.45) is 0 Å². The Morgan fingerprint density at radius 3 is 1.80 bits per heavy atom. The van der Waals surface area contributed by atoms with Crippen molar-refractivity contribution in [1.29, 1.82) is 0 Å². The normalized spacial score (nSPS) is 12.2. The Morgan fingerprint density at radius 1 is 0.529 bits per heavy atom. The van der Waals surface area contributed by atoms with Gasteiger partial charge in [0.1, 0.15) is 11.2 Å². The van der Waals surface area contributed by atoms with Gasteiger partial charge in [0, 0.05) is 10.8 Å². The van der Waals surface area contributed by atoms with Crippen molar-refractivity contribution < 1.29 is 4.42 Å². The molecule has 0 aliphatic carbocycles. The molecule has 10 rings (SSSR count). The minimum Gasteiger partial charge on any atom is -0.456 e. The maximum atomic E-state index is 6.33. The second-order valence-corrected chi connectivity index (χ2v) is 17.3. The third-order valence-electron chi connectivity index (χ3n) is 10.6. The van der Waals surface area contributed by atoms with Crippen molar-refractivity contribution in [3.63, 3.8) is 0 Å². The quantitative estimate of drug-likeness (QED) is 0.125. The number of rotatable bonds is 7. The first kappa shape index (κ1) is 29.7. The maximum Gasteiger partial charge on any atom is 0.220 e. The number of hydrogen-bond donors (Lipinski definition) is 0. The summed E-state index contributed by atoms with van der Waals surface area (Å²) in [4.78, 5) is 5.28. The molecule has 0 N–H and O–H groups in total. The fraction of sp³-hybridized carbons (Fsp3) is 0.0652. The van der Waals surface area contributed by atoms with E-state index in [0.29, 0.717) is 0 Å². The third-order valence-corrected chi connectivity index (χ3v) is 15.3. The number of imidazole rings is 2. The van der Waals surface area contributed by atoms with Gasteiger partial charge >= 0.3 is 0 Å². The van der Waals surface area contributed by atoms with Crippen LogP contribution in [0.3, 0.4) is 0 Å². The summed E-state index contributed by atoms with van der Waals surface area (Å²) < 4.78 is 11.0. The average Bonchev–Trinajstić information content (AvgIpc) is 3.85. The Balaban J connectivity index is 1.29. The number of benzene rings is 7. The first-order valence-electron chi connectivity index (χ1n) is 17.8. The molecule has 0 amide bonds. The van der Waals surface area contributed by atoms with E-state index in [1.807, 2.05) is 0 Å². The molecule has 3 aromatic heterocycles. The van der Waals surface area contributed by atoms with Crippen molar-refractivity contribution in [3.8, 4) is 5.69 Å². The van der Waals surface area contributed by atoms with Crippen molar-refractivity contribution in [1.82, 2.24) is 14.0 Å². The van der Waals surface area contributed by atoms with Crippen LogP contribution in [0.2, 0.25) is 0 Å². The van der Waals surface area contributed by atoms with Gasteiger partial charge in [0.25, 0.3) is 0 Å². The zero-order valence-corrected chi connectivity index (χ0v) is 29.3. The lowest BCUT2D eigenvalue weighted by Gasteiger charge is -2.34. The lowest BCUT2D eigenvalue weighted by atomic mass is 10.1. The Kier molecular flexibility index (Phi) is 6.83. The van der Waals surface area contributed by atoms with Crippen LogP contribution in [0.25, 0.3) is 55.5 Å². The number of furan rings is 1. The first-order chi connectivity index (χ1) is 25.2.